The Morgan fingerprint density at radius 3 is 2.78 bits per heavy atom. The van der Waals surface area contributed by atoms with E-state index < -0.39 is 0 Å². The second-order valence-corrected chi connectivity index (χ2v) is 4.55. The minimum absolute atomic E-state index is 0.0407. The smallest absolute Gasteiger partial charge is 0.122 e. The fourth-order valence-corrected chi connectivity index (χ4v) is 2.27. The zero-order chi connectivity index (χ0) is 13.1. The van der Waals surface area contributed by atoms with Crippen LogP contribution >= 0.6 is 0 Å². The first kappa shape index (κ1) is 12.9. The molecule has 5 heteroatoms. The molecule has 0 amide bonds. The molecule has 0 fully saturated rings. The van der Waals surface area contributed by atoms with Gasteiger partial charge < -0.3 is 4.42 Å². The lowest BCUT2D eigenvalue weighted by Gasteiger charge is -2.13. The normalized spacial score (nSPS) is 12.9. The maximum absolute atomic E-state index is 5.58. The number of furan rings is 1. The Morgan fingerprint density at radius 2 is 2.28 bits per heavy atom. The van der Waals surface area contributed by atoms with Gasteiger partial charge in [-0.05, 0) is 44.4 Å². The van der Waals surface area contributed by atoms with Gasteiger partial charge in [0.05, 0.1) is 18.0 Å². The molecule has 0 aliphatic rings. The average molecular weight is 248 g/mol. The predicted molar refractivity (Wildman–Crippen MR) is 69.8 cm³/mol. The van der Waals surface area contributed by atoms with Crippen LogP contribution in [0.15, 0.2) is 22.8 Å². The van der Waals surface area contributed by atoms with Crippen molar-refractivity contribution < 1.29 is 4.42 Å². The molecule has 98 valence electrons. The van der Waals surface area contributed by atoms with Crippen LogP contribution in [0, 0.1) is 13.8 Å². The molecular formula is C13H20N4O. The van der Waals surface area contributed by atoms with E-state index in [1.54, 1.807) is 6.26 Å². The maximum Gasteiger partial charge on any atom is 0.122 e. The summed E-state index contributed by atoms with van der Waals surface area (Å²) in [4.78, 5) is 0. The number of hydrazine groups is 1. The van der Waals surface area contributed by atoms with Crippen molar-refractivity contribution in [1.29, 1.82) is 0 Å². The van der Waals surface area contributed by atoms with E-state index in [-0.39, 0.29) is 6.04 Å². The Hall–Kier alpha value is -1.59. The van der Waals surface area contributed by atoms with Crippen molar-refractivity contribution in [3.05, 3.63) is 41.1 Å². The molecule has 18 heavy (non-hydrogen) atoms. The number of rotatable bonds is 5. The first-order chi connectivity index (χ1) is 8.63. The molecule has 2 aromatic heterocycles. The van der Waals surface area contributed by atoms with Gasteiger partial charge in [0.1, 0.15) is 5.76 Å². The second kappa shape index (κ2) is 5.37. The van der Waals surface area contributed by atoms with Crippen LogP contribution in [-0.2, 0) is 13.5 Å². The quantitative estimate of drug-likeness (QED) is 0.625. The van der Waals surface area contributed by atoms with Gasteiger partial charge in [-0.2, -0.15) is 5.10 Å². The monoisotopic (exact) mass is 248 g/mol. The summed E-state index contributed by atoms with van der Waals surface area (Å²) in [5.41, 5.74) is 6.39. The van der Waals surface area contributed by atoms with Gasteiger partial charge in [0.2, 0.25) is 0 Å². The highest BCUT2D eigenvalue weighted by Crippen LogP contribution is 2.21. The van der Waals surface area contributed by atoms with E-state index in [1.807, 2.05) is 30.8 Å². The summed E-state index contributed by atoms with van der Waals surface area (Å²) in [6.07, 6.45) is 3.48. The summed E-state index contributed by atoms with van der Waals surface area (Å²) in [5.74, 6) is 6.45. The van der Waals surface area contributed by atoms with Crippen LogP contribution in [0.25, 0.3) is 0 Å². The molecule has 5 nitrogen and oxygen atoms in total. The molecular weight excluding hydrogens is 228 g/mol. The zero-order valence-corrected chi connectivity index (χ0v) is 11.1. The van der Waals surface area contributed by atoms with Gasteiger partial charge >= 0.3 is 0 Å². The Bertz CT molecular complexity index is 501. The molecule has 0 aliphatic carbocycles. The largest absolute Gasteiger partial charge is 0.468 e. The van der Waals surface area contributed by atoms with Crippen molar-refractivity contribution in [3.63, 3.8) is 0 Å². The number of nitrogens with two attached hydrogens (primary N) is 1. The average Bonchev–Trinajstić information content (AvgIpc) is 2.94. The summed E-state index contributed by atoms with van der Waals surface area (Å²) in [6.45, 7) is 4.13. The first-order valence-electron chi connectivity index (χ1n) is 6.12. The van der Waals surface area contributed by atoms with Gasteiger partial charge in [-0.25, -0.2) is 5.43 Å². The van der Waals surface area contributed by atoms with Gasteiger partial charge in [-0.1, -0.05) is 0 Å². The molecule has 0 aromatic carbocycles. The van der Waals surface area contributed by atoms with Gasteiger partial charge in [0, 0.05) is 12.7 Å². The van der Waals surface area contributed by atoms with Crippen molar-refractivity contribution in [2.45, 2.75) is 32.7 Å². The van der Waals surface area contributed by atoms with E-state index in [0.717, 1.165) is 24.3 Å². The third kappa shape index (κ3) is 2.47. The molecule has 0 bridgehead atoms. The van der Waals surface area contributed by atoms with E-state index >= 15 is 0 Å². The predicted octanol–water partition coefficient (Wildman–Crippen LogP) is 1.77. The molecule has 2 aromatic rings. The van der Waals surface area contributed by atoms with E-state index in [9.17, 15) is 0 Å². The molecule has 2 rings (SSSR count). The maximum atomic E-state index is 5.58. The highest BCUT2D eigenvalue weighted by Gasteiger charge is 2.15. The van der Waals surface area contributed by atoms with Crippen molar-refractivity contribution in [2.24, 2.45) is 12.9 Å². The highest BCUT2D eigenvalue weighted by molar-refractivity contribution is 5.24. The fraction of sp³-hybridized carbons (Fsp3) is 0.462. The molecule has 1 atom stereocenters. The van der Waals surface area contributed by atoms with Gasteiger partial charge in [-0.15, -0.1) is 0 Å². The minimum Gasteiger partial charge on any atom is -0.468 e. The third-order valence-corrected chi connectivity index (χ3v) is 3.43. The number of nitrogens with zero attached hydrogens (tertiary/aromatic N) is 2. The van der Waals surface area contributed by atoms with Crippen molar-refractivity contribution in [1.82, 2.24) is 15.2 Å². The Balaban J connectivity index is 2.06. The Morgan fingerprint density at radius 1 is 1.50 bits per heavy atom. The van der Waals surface area contributed by atoms with Crippen LogP contribution < -0.4 is 11.3 Å². The van der Waals surface area contributed by atoms with Crippen molar-refractivity contribution in [3.8, 4) is 0 Å². The van der Waals surface area contributed by atoms with Gasteiger partial charge in [0.15, 0.2) is 0 Å². The summed E-state index contributed by atoms with van der Waals surface area (Å²) in [6, 6.07) is 3.85. The van der Waals surface area contributed by atoms with E-state index in [0.29, 0.717) is 0 Å². The number of hydrogen-bond donors (Lipinski definition) is 2. The standard InChI is InChI=1S/C13H20N4O/c1-9-11(10(2)17(3)16-9)6-7-12(15-14)13-5-4-8-18-13/h4-5,8,12,15H,6-7,14H2,1-3H3. The van der Waals surface area contributed by atoms with Crippen LogP contribution in [0.5, 0.6) is 0 Å². The molecule has 1 unspecified atom stereocenters. The highest BCUT2D eigenvalue weighted by atomic mass is 16.3. The number of hydrogen-bond acceptors (Lipinski definition) is 4. The molecule has 2 heterocycles. The van der Waals surface area contributed by atoms with Crippen LogP contribution in [0.1, 0.15) is 35.2 Å². The van der Waals surface area contributed by atoms with Crippen molar-refractivity contribution >= 4 is 0 Å². The third-order valence-electron chi connectivity index (χ3n) is 3.43. The minimum atomic E-state index is 0.0407. The first-order valence-corrected chi connectivity index (χ1v) is 6.12. The SMILES string of the molecule is Cc1nn(C)c(C)c1CCC(NN)c1ccco1. The lowest BCUT2D eigenvalue weighted by molar-refractivity contribution is 0.401. The zero-order valence-electron chi connectivity index (χ0n) is 11.1. The number of aromatic nitrogens is 2. The summed E-state index contributed by atoms with van der Waals surface area (Å²) >= 11 is 0. The Labute approximate surface area is 107 Å². The van der Waals surface area contributed by atoms with Crippen molar-refractivity contribution in [2.75, 3.05) is 0 Å². The van der Waals surface area contributed by atoms with Gasteiger partial charge in [0.25, 0.3) is 0 Å². The van der Waals surface area contributed by atoms with Crippen LogP contribution in [0.3, 0.4) is 0 Å². The molecule has 3 N–H and O–H groups in total. The van der Waals surface area contributed by atoms with E-state index in [2.05, 4.69) is 17.4 Å². The van der Waals surface area contributed by atoms with Gasteiger partial charge in [-0.3, -0.25) is 10.5 Å². The summed E-state index contributed by atoms with van der Waals surface area (Å²) < 4.78 is 7.30. The van der Waals surface area contributed by atoms with E-state index in [4.69, 9.17) is 10.3 Å². The Kier molecular flexibility index (Phi) is 3.84. The molecule has 0 saturated heterocycles. The molecule has 0 spiro atoms. The number of nitrogens with one attached hydrogen (secondary N) is 1. The van der Waals surface area contributed by atoms with Crippen LogP contribution in [0.4, 0.5) is 0 Å². The lowest BCUT2D eigenvalue weighted by atomic mass is 10.0. The topological polar surface area (TPSA) is 69.0 Å². The second-order valence-electron chi connectivity index (χ2n) is 4.55. The van der Waals surface area contributed by atoms with Crippen LogP contribution in [-0.4, -0.2) is 9.78 Å². The van der Waals surface area contributed by atoms with Crippen LogP contribution in [0.2, 0.25) is 0 Å². The van der Waals surface area contributed by atoms with E-state index in [1.165, 1.54) is 11.3 Å². The lowest BCUT2D eigenvalue weighted by Crippen LogP contribution is -2.28. The molecule has 0 radical (unpaired) electrons. The number of aryl methyl sites for hydroxylation is 2. The summed E-state index contributed by atoms with van der Waals surface area (Å²) in [7, 11) is 1.97. The molecule has 0 aliphatic heterocycles. The summed E-state index contributed by atoms with van der Waals surface area (Å²) in [5, 5.41) is 4.42. The fourth-order valence-electron chi connectivity index (χ4n) is 2.27. The molecule has 0 saturated carbocycles.